The topological polar surface area (TPSA) is 90.2 Å². The maximum Gasteiger partial charge on any atom is 0.573 e. The molecule has 0 saturated carbocycles. The Morgan fingerprint density at radius 1 is 1.16 bits per heavy atom. The molecule has 2 heterocycles. The number of anilines is 1. The monoisotopic (exact) mass is 471 g/mol. The second kappa shape index (κ2) is 8.69. The van der Waals surface area contributed by atoms with Crippen LogP contribution in [0.4, 0.5) is 19.0 Å². The minimum absolute atomic E-state index is 0.0927. The predicted octanol–water partition coefficient (Wildman–Crippen LogP) is 3.36. The van der Waals surface area contributed by atoms with Gasteiger partial charge in [0.25, 0.3) is 0 Å². The Balaban J connectivity index is 2.02. The van der Waals surface area contributed by atoms with E-state index in [1.165, 1.54) is 12.1 Å². The van der Waals surface area contributed by atoms with E-state index in [1.54, 1.807) is 23.6 Å². The number of carbonyl (C=O) groups is 1. The molecule has 0 aliphatic heterocycles. The van der Waals surface area contributed by atoms with E-state index in [1.807, 2.05) is 13.0 Å². The zero-order valence-electron chi connectivity index (χ0n) is 17.4. The van der Waals surface area contributed by atoms with Crippen molar-refractivity contribution in [2.75, 3.05) is 17.2 Å². The number of halogens is 3. The largest absolute Gasteiger partial charge is 0.573 e. The van der Waals surface area contributed by atoms with E-state index in [9.17, 15) is 26.4 Å². The lowest BCUT2D eigenvalue weighted by Gasteiger charge is -2.23. The number of hydrogen-bond donors (Lipinski definition) is 0. The average molecular weight is 471 g/mol. The van der Waals surface area contributed by atoms with Crippen LogP contribution in [0.2, 0.25) is 0 Å². The van der Waals surface area contributed by atoms with Crippen LogP contribution in [0.1, 0.15) is 16.8 Å². The Labute approximate surface area is 182 Å². The number of aryl methyl sites for hydroxylation is 2. The Kier molecular flexibility index (Phi) is 6.35. The fraction of sp³-hybridized carbons (Fsp3) is 0.300. The van der Waals surface area contributed by atoms with E-state index in [0.717, 1.165) is 29.1 Å². The van der Waals surface area contributed by atoms with E-state index in [4.69, 9.17) is 0 Å². The molecule has 0 fully saturated rings. The van der Waals surface area contributed by atoms with E-state index in [-0.39, 0.29) is 12.4 Å². The second-order valence-electron chi connectivity index (χ2n) is 6.98. The van der Waals surface area contributed by atoms with Gasteiger partial charge in [-0.3, -0.25) is 4.79 Å². The molecule has 3 aromatic rings. The summed E-state index contributed by atoms with van der Waals surface area (Å²) in [7, 11) is -3.16. The zero-order valence-corrected chi connectivity index (χ0v) is 18.2. The fourth-order valence-corrected chi connectivity index (χ4v) is 4.40. The van der Waals surface area contributed by atoms with Crippen molar-refractivity contribution < 1.29 is 35.9 Å². The number of benzene rings is 1. The molecule has 172 valence electrons. The molecule has 0 aliphatic rings. The van der Waals surface area contributed by atoms with Crippen molar-refractivity contribution in [2.45, 2.75) is 26.8 Å². The van der Waals surface area contributed by atoms with Crippen molar-refractivity contribution in [3.8, 4) is 5.75 Å². The minimum Gasteiger partial charge on any atom is -0.468 e. The van der Waals surface area contributed by atoms with Gasteiger partial charge in [0, 0.05) is 6.20 Å². The smallest absolute Gasteiger partial charge is 0.468 e. The highest BCUT2D eigenvalue weighted by molar-refractivity contribution is 7.93. The summed E-state index contributed by atoms with van der Waals surface area (Å²) in [6, 6.07) is 8.36. The molecule has 0 atom stereocenters. The first-order valence-corrected chi connectivity index (χ1v) is 10.9. The number of hydrogen-bond acceptors (Lipinski definition) is 6. The normalized spacial score (nSPS) is 12.1. The maximum atomic E-state index is 13.1. The van der Waals surface area contributed by atoms with Crippen molar-refractivity contribution in [1.29, 1.82) is 0 Å². The van der Waals surface area contributed by atoms with Crippen molar-refractivity contribution in [1.82, 2.24) is 9.38 Å². The van der Waals surface area contributed by atoms with E-state index >= 15 is 0 Å². The van der Waals surface area contributed by atoms with Gasteiger partial charge in [-0.25, -0.2) is 17.7 Å². The van der Waals surface area contributed by atoms with Gasteiger partial charge in [0.2, 0.25) is 10.0 Å². The van der Waals surface area contributed by atoms with Crippen LogP contribution >= 0.6 is 0 Å². The van der Waals surface area contributed by atoms with Gasteiger partial charge in [0.1, 0.15) is 11.4 Å². The van der Waals surface area contributed by atoms with Gasteiger partial charge >= 0.3 is 12.3 Å². The Morgan fingerprint density at radius 3 is 2.41 bits per heavy atom. The fourth-order valence-electron chi connectivity index (χ4n) is 3.05. The second-order valence-corrected chi connectivity index (χ2v) is 8.88. The number of pyridine rings is 1. The van der Waals surface area contributed by atoms with Crippen molar-refractivity contribution >= 4 is 27.5 Å². The number of imidazole rings is 1. The molecule has 2 aromatic heterocycles. The highest BCUT2D eigenvalue weighted by Gasteiger charge is 2.32. The average Bonchev–Trinajstić information content (AvgIpc) is 3.00. The van der Waals surface area contributed by atoms with Crippen LogP contribution in [0.25, 0.3) is 5.65 Å². The van der Waals surface area contributed by atoms with E-state index < -0.39 is 33.9 Å². The van der Waals surface area contributed by atoms with Gasteiger partial charge < -0.3 is 13.9 Å². The summed E-state index contributed by atoms with van der Waals surface area (Å²) < 4.78 is 74.3. The highest BCUT2D eigenvalue weighted by atomic mass is 32.2. The van der Waals surface area contributed by atoms with Crippen LogP contribution < -0.4 is 9.04 Å². The molecule has 1 aromatic carbocycles. The number of fused-ring (bicyclic) bond motifs is 1. The number of carbonyl (C=O) groups excluding carboxylic acids is 1. The molecular weight excluding hydrogens is 451 g/mol. The van der Waals surface area contributed by atoms with Crippen LogP contribution in [0.3, 0.4) is 0 Å². The number of rotatable bonds is 7. The molecule has 12 heteroatoms. The van der Waals surface area contributed by atoms with Crippen LogP contribution in [0.5, 0.6) is 5.75 Å². The molecule has 0 spiro atoms. The van der Waals surface area contributed by atoms with Crippen LogP contribution in [0, 0.1) is 13.8 Å². The first-order valence-electron chi connectivity index (χ1n) is 9.27. The summed E-state index contributed by atoms with van der Waals surface area (Å²) in [6.45, 7) is 3.26. The van der Waals surface area contributed by atoms with Crippen molar-refractivity contribution in [3.05, 3.63) is 59.4 Å². The standard InChI is InChI=1S/C20H20F3N3O5S/c1-13-8-9-25-14(2)19(24-17(25)10-13)26(32(28,29)12-18(27)30-3)11-15-4-6-16(7-5-15)31-20(21,22)23/h4-10H,11-12H2,1-3H3. The van der Waals surface area contributed by atoms with Crippen LogP contribution in [-0.4, -0.2) is 43.0 Å². The third kappa shape index (κ3) is 5.31. The van der Waals surface area contributed by atoms with Gasteiger partial charge in [-0.2, -0.15) is 0 Å². The Morgan fingerprint density at radius 2 is 1.81 bits per heavy atom. The van der Waals surface area contributed by atoms with Crippen molar-refractivity contribution in [3.63, 3.8) is 0 Å². The molecule has 8 nitrogen and oxygen atoms in total. The van der Waals surface area contributed by atoms with Gasteiger partial charge in [-0.05, 0) is 49.2 Å². The first-order chi connectivity index (χ1) is 14.9. The van der Waals surface area contributed by atoms with Gasteiger partial charge in [-0.1, -0.05) is 12.1 Å². The van der Waals surface area contributed by atoms with Crippen LogP contribution in [-0.2, 0) is 26.1 Å². The molecule has 0 saturated heterocycles. The molecule has 0 aliphatic carbocycles. The summed E-state index contributed by atoms with van der Waals surface area (Å²) in [5.41, 5.74) is 2.29. The van der Waals surface area contributed by atoms with Gasteiger partial charge in [0.15, 0.2) is 11.6 Å². The zero-order chi connectivity index (χ0) is 23.7. The summed E-state index contributed by atoms with van der Waals surface area (Å²) >= 11 is 0. The number of sulfonamides is 1. The molecule has 3 rings (SSSR count). The molecule has 0 amide bonds. The van der Waals surface area contributed by atoms with E-state index in [2.05, 4.69) is 14.5 Å². The number of methoxy groups -OCH3 is 1. The molecule has 0 bridgehead atoms. The summed E-state index contributed by atoms with van der Waals surface area (Å²) in [5, 5.41) is 0. The lowest BCUT2D eigenvalue weighted by atomic mass is 10.2. The summed E-state index contributed by atoms with van der Waals surface area (Å²) in [4.78, 5) is 16.1. The van der Waals surface area contributed by atoms with E-state index in [0.29, 0.717) is 16.9 Å². The SMILES string of the molecule is COC(=O)CS(=O)(=O)N(Cc1ccc(OC(F)(F)F)cc1)c1nc2cc(C)ccn2c1C. The van der Waals surface area contributed by atoms with Gasteiger partial charge in [0.05, 0.1) is 19.3 Å². The number of alkyl halides is 3. The van der Waals surface area contributed by atoms with Crippen molar-refractivity contribution in [2.24, 2.45) is 0 Å². The molecular formula is C20H20F3N3O5S. The highest BCUT2D eigenvalue weighted by Crippen LogP contribution is 2.28. The lowest BCUT2D eigenvalue weighted by Crippen LogP contribution is -2.36. The molecule has 32 heavy (non-hydrogen) atoms. The lowest BCUT2D eigenvalue weighted by molar-refractivity contribution is -0.274. The molecule has 0 radical (unpaired) electrons. The molecule has 0 N–H and O–H groups in total. The number of ether oxygens (including phenoxy) is 2. The number of esters is 1. The summed E-state index contributed by atoms with van der Waals surface area (Å²) in [5.74, 6) is -2.23. The molecule has 0 unspecified atom stereocenters. The maximum absolute atomic E-state index is 13.1. The first kappa shape index (κ1) is 23.4. The number of aromatic nitrogens is 2. The third-order valence-corrected chi connectivity index (χ3v) is 6.15. The number of nitrogens with zero attached hydrogens (tertiary/aromatic N) is 3. The summed E-state index contributed by atoms with van der Waals surface area (Å²) in [6.07, 6.45) is -3.10. The third-order valence-electron chi connectivity index (χ3n) is 4.58. The van der Waals surface area contributed by atoms with Gasteiger partial charge in [-0.15, -0.1) is 13.2 Å². The Hall–Kier alpha value is -3.28. The minimum atomic E-state index is -4.84. The quantitative estimate of drug-likeness (QED) is 0.491. The predicted molar refractivity (Wildman–Crippen MR) is 110 cm³/mol. The Bertz CT molecular complexity index is 1240. The van der Waals surface area contributed by atoms with Crippen LogP contribution in [0.15, 0.2) is 42.6 Å².